The second-order valence-corrected chi connectivity index (χ2v) is 9.65. The van der Waals surface area contributed by atoms with Crippen molar-refractivity contribution in [1.82, 2.24) is 14.9 Å². The van der Waals surface area contributed by atoms with Crippen LogP contribution in [-0.2, 0) is 4.79 Å². The van der Waals surface area contributed by atoms with Crippen molar-refractivity contribution >= 4 is 16.9 Å². The minimum absolute atomic E-state index is 0.256. The number of nitrogens with zero attached hydrogens (tertiary/aromatic N) is 2. The molecule has 1 aliphatic heterocycles. The molecule has 0 bridgehead atoms. The first kappa shape index (κ1) is 18.5. The average Bonchev–Trinajstić information content (AvgIpc) is 3.11. The molecule has 0 unspecified atom stereocenters. The minimum atomic E-state index is 0.256. The number of para-hydroxylation sites is 2. The summed E-state index contributed by atoms with van der Waals surface area (Å²) in [5, 5.41) is 0. The van der Waals surface area contributed by atoms with Crippen molar-refractivity contribution in [3.8, 4) is 0 Å². The third-order valence-electron chi connectivity index (χ3n) is 6.90. The number of aromatic nitrogens is 2. The molecular formula is C23H33N3O. The van der Waals surface area contributed by atoms with Crippen LogP contribution in [0.15, 0.2) is 24.3 Å². The number of imidazole rings is 1. The fourth-order valence-corrected chi connectivity index (χ4v) is 5.00. The van der Waals surface area contributed by atoms with Gasteiger partial charge in [-0.05, 0) is 62.0 Å². The van der Waals surface area contributed by atoms with Crippen molar-refractivity contribution in [2.24, 2.45) is 17.3 Å². The van der Waals surface area contributed by atoms with Gasteiger partial charge in [0.25, 0.3) is 0 Å². The molecular weight excluding hydrogens is 334 g/mol. The maximum atomic E-state index is 13.0. The standard InChI is InChI=1S/C23H33N3O/c1-23(2,3)18-10-8-17(9-11-18)22(27)26-14-12-16(13-15-26)21-24-19-6-4-5-7-20(19)25-21/h4-7,16-18H,8-15H2,1-3H3,(H,24,25). The Labute approximate surface area is 162 Å². The smallest absolute Gasteiger partial charge is 0.225 e. The van der Waals surface area contributed by atoms with Crippen molar-refractivity contribution in [2.45, 2.75) is 65.2 Å². The lowest BCUT2D eigenvalue weighted by molar-refractivity contribution is -0.138. The van der Waals surface area contributed by atoms with Gasteiger partial charge in [-0.15, -0.1) is 0 Å². The third-order valence-corrected chi connectivity index (χ3v) is 6.90. The molecule has 1 N–H and O–H groups in total. The van der Waals surface area contributed by atoms with E-state index in [0.29, 0.717) is 17.2 Å². The number of fused-ring (bicyclic) bond motifs is 1. The van der Waals surface area contributed by atoms with E-state index < -0.39 is 0 Å². The molecule has 0 spiro atoms. The molecule has 2 aliphatic rings. The number of likely N-dealkylation sites (tertiary alicyclic amines) is 1. The fraction of sp³-hybridized carbons (Fsp3) is 0.652. The molecule has 27 heavy (non-hydrogen) atoms. The second-order valence-electron chi connectivity index (χ2n) is 9.65. The van der Waals surface area contributed by atoms with Gasteiger partial charge in [0, 0.05) is 24.9 Å². The number of benzene rings is 1. The van der Waals surface area contributed by atoms with Crippen LogP contribution in [0, 0.1) is 17.3 Å². The van der Waals surface area contributed by atoms with Crippen LogP contribution in [-0.4, -0.2) is 33.9 Å². The largest absolute Gasteiger partial charge is 0.342 e. The van der Waals surface area contributed by atoms with Crippen LogP contribution in [0.25, 0.3) is 11.0 Å². The van der Waals surface area contributed by atoms with E-state index in [9.17, 15) is 4.79 Å². The number of piperidine rings is 1. The summed E-state index contributed by atoms with van der Waals surface area (Å²) in [5.74, 6) is 2.96. The van der Waals surface area contributed by atoms with Crippen LogP contribution < -0.4 is 0 Å². The van der Waals surface area contributed by atoms with Gasteiger partial charge in [-0.2, -0.15) is 0 Å². The Kier molecular flexibility index (Phi) is 5.00. The molecule has 0 atom stereocenters. The van der Waals surface area contributed by atoms with Crippen molar-refractivity contribution in [3.63, 3.8) is 0 Å². The molecule has 1 amide bonds. The van der Waals surface area contributed by atoms with Crippen molar-refractivity contribution in [2.75, 3.05) is 13.1 Å². The lowest BCUT2D eigenvalue weighted by Gasteiger charge is -2.39. The Morgan fingerprint density at radius 1 is 1.04 bits per heavy atom. The number of amides is 1. The van der Waals surface area contributed by atoms with E-state index in [1.54, 1.807) is 0 Å². The summed E-state index contributed by atoms with van der Waals surface area (Å²) < 4.78 is 0. The number of carbonyl (C=O) groups excluding carboxylic acids is 1. The van der Waals surface area contributed by atoms with Crippen LogP contribution in [0.3, 0.4) is 0 Å². The first-order valence-electron chi connectivity index (χ1n) is 10.7. The number of rotatable bonds is 2. The fourth-order valence-electron chi connectivity index (χ4n) is 5.00. The van der Waals surface area contributed by atoms with Crippen molar-refractivity contribution in [3.05, 3.63) is 30.1 Å². The zero-order valence-corrected chi connectivity index (χ0v) is 17.0. The number of aromatic amines is 1. The third kappa shape index (κ3) is 3.90. The summed E-state index contributed by atoms with van der Waals surface area (Å²) in [6.07, 6.45) is 6.59. The Balaban J connectivity index is 1.32. The predicted molar refractivity (Wildman–Crippen MR) is 110 cm³/mol. The molecule has 2 fully saturated rings. The monoisotopic (exact) mass is 367 g/mol. The van der Waals surface area contributed by atoms with Gasteiger partial charge < -0.3 is 9.88 Å². The van der Waals surface area contributed by atoms with Crippen LogP contribution in [0.1, 0.15) is 71.0 Å². The quantitative estimate of drug-likeness (QED) is 0.801. The molecule has 1 aromatic carbocycles. The highest BCUT2D eigenvalue weighted by molar-refractivity contribution is 5.79. The van der Waals surface area contributed by atoms with E-state index in [4.69, 9.17) is 4.98 Å². The maximum absolute atomic E-state index is 13.0. The minimum Gasteiger partial charge on any atom is -0.342 e. The van der Waals surface area contributed by atoms with E-state index in [1.165, 1.54) is 12.8 Å². The molecule has 1 saturated heterocycles. The first-order chi connectivity index (χ1) is 12.9. The van der Waals surface area contributed by atoms with E-state index in [0.717, 1.165) is 61.5 Å². The molecule has 4 nitrogen and oxygen atoms in total. The Morgan fingerprint density at radius 3 is 2.33 bits per heavy atom. The molecule has 4 rings (SSSR count). The number of H-pyrrole nitrogens is 1. The lowest BCUT2D eigenvalue weighted by Crippen LogP contribution is -2.43. The van der Waals surface area contributed by atoms with Gasteiger partial charge in [0.05, 0.1) is 11.0 Å². The Morgan fingerprint density at radius 2 is 1.70 bits per heavy atom. The number of carbonyl (C=O) groups is 1. The molecule has 146 valence electrons. The normalized spacial score (nSPS) is 25.1. The topological polar surface area (TPSA) is 49.0 Å². The number of hydrogen-bond acceptors (Lipinski definition) is 2. The maximum Gasteiger partial charge on any atom is 0.225 e. The summed E-state index contributed by atoms with van der Waals surface area (Å²) >= 11 is 0. The summed E-state index contributed by atoms with van der Waals surface area (Å²) in [5.41, 5.74) is 2.53. The van der Waals surface area contributed by atoms with Gasteiger partial charge in [-0.25, -0.2) is 4.98 Å². The van der Waals surface area contributed by atoms with E-state index >= 15 is 0 Å². The van der Waals surface area contributed by atoms with Gasteiger partial charge in [-0.1, -0.05) is 32.9 Å². The summed E-state index contributed by atoms with van der Waals surface area (Å²) in [6, 6.07) is 8.21. The number of hydrogen-bond donors (Lipinski definition) is 1. The highest BCUT2D eigenvalue weighted by atomic mass is 16.2. The van der Waals surface area contributed by atoms with Crippen LogP contribution in [0.5, 0.6) is 0 Å². The predicted octanol–water partition coefficient (Wildman–Crippen LogP) is 5.12. The van der Waals surface area contributed by atoms with Gasteiger partial charge in [0.2, 0.25) is 5.91 Å². The van der Waals surface area contributed by atoms with Gasteiger partial charge in [0.1, 0.15) is 5.82 Å². The summed E-state index contributed by atoms with van der Waals surface area (Å²) in [7, 11) is 0. The molecule has 1 aliphatic carbocycles. The molecule has 4 heteroatoms. The van der Waals surface area contributed by atoms with Crippen LogP contribution in [0.2, 0.25) is 0 Å². The van der Waals surface area contributed by atoms with E-state index in [2.05, 4.69) is 42.8 Å². The summed E-state index contributed by atoms with van der Waals surface area (Å²) in [6.45, 7) is 8.76. The number of nitrogens with one attached hydrogen (secondary N) is 1. The zero-order valence-electron chi connectivity index (χ0n) is 17.0. The van der Waals surface area contributed by atoms with Gasteiger partial charge in [0.15, 0.2) is 0 Å². The van der Waals surface area contributed by atoms with Crippen molar-refractivity contribution in [1.29, 1.82) is 0 Å². The zero-order chi connectivity index (χ0) is 19.0. The highest BCUT2D eigenvalue weighted by Crippen LogP contribution is 2.40. The van der Waals surface area contributed by atoms with Crippen LogP contribution >= 0.6 is 0 Å². The Hall–Kier alpha value is -1.84. The van der Waals surface area contributed by atoms with Gasteiger partial charge in [-0.3, -0.25) is 4.79 Å². The summed E-state index contributed by atoms with van der Waals surface area (Å²) in [4.78, 5) is 23.4. The molecule has 2 heterocycles. The second kappa shape index (κ2) is 7.29. The van der Waals surface area contributed by atoms with E-state index in [-0.39, 0.29) is 5.92 Å². The lowest BCUT2D eigenvalue weighted by atomic mass is 9.69. The van der Waals surface area contributed by atoms with Crippen LogP contribution in [0.4, 0.5) is 0 Å². The highest BCUT2D eigenvalue weighted by Gasteiger charge is 2.35. The van der Waals surface area contributed by atoms with Gasteiger partial charge >= 0.3 is 0 Å². The molecule has 2 aromatic rings. The van der Waals surface area contributed by atoms with Crippen molar-refractivity contribution < 1.29 is 4.79 Å². The SMILES string of the molecule is CC(C)(C)C1CCC(C(=O)N2CCC(c3nc4ccccc4[nH]3)CC2)CC1. The van der Waals surface area contributed by atoms with E-state index in [1.807, 2.05) is 12.1 Å². The molecule has 1 aromatic heterocycles. The first-order valence-corrected chi connectivity index (χ1v) is 10.7. The Bertz CT molecular complexity index is 754. The molecule has 1 saturated carbocycles. The average molecular weight is 368 g/mol. The molecule has 0 radical (unpaired) electrons.